The molecule has 0 aromatic heterocycles. The molecule has 1 aromatic rings. The van der Waals surface area contributed by atoms with Crippen LogP contribution in [0.4, 0.5) is 0 Å². The molecule has 1 fully saturated rings. The van der Waals surface area contributed by atoms with E-state index in [1.165, 1.54) is 0 Å². The van der Waals surface area contributed by atoms with Gasteiger partial charge in [0.15, 0.2) is 0 Å². The molecule has 4 nitrogen and oxygen atoms in total. The number of amides is 1. The molecule has 1 aliphatic heterocycles. The smallest absolute Gasteiger partial charge is 0.331 e. The van der Waals surface area contributed by atoms with Gasteiger partial charge >= 0.3 is 5.97 Å². The highest BCUT2D eigenvalue weighted by molar-refractivity contribution is 9.10. The molecule has 1 saturated heterocycles. The fraction of sp³-hybridized carbons (Fsp3) is 0.429. The molecule has 1 aromatic carbocycles. The summed E-state index contributed by atoms with van der Waals surface area (Å²) >= 11 is 3.31. The molecule has 5 heteroatoms. The topological polar surface area (TPSA) is 46.6 Å². The Morgan fingerprint density at radius 1 is 1.21 bits per heavy atom. The fourth-order valence-electron chi connectivity index (χ4n) is 2.03. The van der Waals surface area contributed by atoms with E-state index in [9.17, 15) is 9.59 Å². The normalized spacial score (nSPS) is 16.1. The molecule has 0 saturated carbocycles. The van der Waals surface area contributed by atoms with Crippen LogP contribution in [0.3, 0.4) is 0 Å². The van der Waals surface area contributed by atoms with Gasteiger partial charge < -0.3 is 9.64 Å². The molecule has 0 bridgehead atoms. The highest BCUT2D eigenvalue weighted by atomic mass is 79.9. The number of ether oxygens (including phenoxy) is 1. The van der Waals surface area contributed by atoms with E-state index in [2.05, 4.69) is 15.9 Å². The minimum Gasteiger partial charge on any atom is -0.425 e. The third-order valence-corrected chi connectivity index (χ3v) is 3.57. The van der Waals surface area contributed by atoms with Crippen molar-refractivity contribution in [1.29, 1.82) is 0 Å². The Balaban J connectivity index is 1.89. The van der Waals surface area contributed by atoms with E-state index < -0.39 is 5.97 Å². The van der Waals surface area contributed by atoms with E-state index >= 15 is 0 Å². The molecule has 0 spiro atoms. The highest BCUT2D eigenvalue weighted by Gasteiger charge is 2.20. The molecule has 2 rings (SSSR count). The lowest BCUT2D eigenvalue weighted by atomic mass is 10.2. The zero-order valence-electron chi connectivity index (χ0n) is 10.6. The Kier molecular flexibility index (Phi) is 4.96. The van der Waals surface area contributed by atoms with Gasteiger partial charge in [-0.1, -0.05) is 22.4 Å². The third kappa shape index (κ3) is 4.35. The summed E-state index contributed by atoms with van der Waals surface area (Å²) in [5, 5.41) is 0. The summed E-state index contributed by atoms with van der Waals surface area (Å²) in [5.41, 5.74) is 0. The van der Waals surface area contributed by atoms with E-state index in [0.29, 0.717) is 18.7 Å². The highest BCUT2D eigenvalue weighted by Crippen LogP contribution is 2.17. The lowest BCUT2D eigenvalue weighted by molar-refractivity contribution is -0.142. The van der Waals surface area contributed by atoms with Crippen molar-refractivity contribution in [2.75, 3.05) is 13.1 Å². The molecule has 19 heavy (non-hydrogen) atoms. The van der Waals surface area contributed by atoms with Gasteiger partial charge in [0, 0.05) is 17.4 Å². The average molecular weight is 326 g/mol. The molecule has 102 valence electrons. The second kappa shape index (κ2) is 6.70. The lowest BCUT2D eigenvalue weighted by Gasteiger charge is -2.19. The Morgan fingerprint density at radius 3 is 2.68 bits per heavy atom. The summed E-state index contributed by atoms with van der Waals surface area (Å²) in [7, 11) is 0. The number of carbonyl (C=O) groups excluding carboxylic acids is 2. The number of carbonyl (C=O) groups is 2. The van der Waals surface area contributed by atoms with Gasteiger partial charge in [-0.15, -0.1) is 0 Å². The molecule has 0 aliphatic carbocycles. The molecule has 0 N–H and O–H groups in total. The molecule has 0 radical (unpaired) electrons. The van der Waals surface area contributed by atoms with Crippen molar-refractivity contribution in [3.05, 3.63) is 28.7 Å². The number of benzene rings is 1. The van der Waals surface area contributed by atoms with Gasteiger partial charge in [-0.25, -0.2) is 4.79 Å². The number of rotatable bonds is 3. The quantitative estimate of drug-likeness (QED) is 0.634. The Morgan fingerprint density at radius 2 is 1.95 bits per heavy atom. The largest absolute Gasteiger partial charge is 0.425 e. The van der Waals surface area contributed by atoms with Crippen molar-refractivity contribution < 1.29 is 14.3 Å². The van der Waals surface area contributed by atoms with Gasteiger partial charge in [-0.2, -0.15) is 0 Å². The van der Waals surface area contributed by atoms with Crippen LogP contribution >= 0.6 is 15.9 Å². The van der Waals surface area contributed by atoms with Gasteiger partial charge in [0.05, 0.1) is 0 Å². The molecule has 1 heterocycles. The summed E-state index contributed by atoms with van der Waals surface area (Å²) in [6.07, 6.45) is 3.45. The summed E-state index contributed by atoms with van der Waals surface area (Å²) in [5.74, 6) is 0.151. The molecular weight excluding hydrogens is 310 g/mol. The van der Waals surface area contributed by atoms with Crippen LogP contribution in [0.25, 0.3) is 0 Å². The number of hydrogen-bond donors (Lipinski definition) is 0. The molecular formula is C14H16BrNO3. The zero-order chi connectivity index (χ0) is 13.7. The summed E-state index contributed by atoms with van der Waals surface area (Å²) in [4.78, 5) is 25.1. The zero-order valence-corrected chi connectivity index (χ0v) is 12.2. The van der Waals surface area contributed by atoms with Gasteiger partial charge in [-0.3, -0.25) is 4.79 Å². The van der Waals surface area contributed by atoms with E-state index in [0.717, 1.165) is 23.7 Å². The fourth-order valence-corrected chi connectivity index (χ4v) is 2.29. The van der Waals surface area contributed by atoms with Crippen molar-refractivity contribution >= 4 is 27.8 Å². The van der Waals surface area contributed by atoms with Gasteiger partial charge in [-0.05, 0) is 37.1 Å². The van der Waals surface area contributed by atoms with Gasteiger partial charge in [0.1, 0.15) is 12.3 Å². The van der Waals surface area contributed by atoms with Crippen LogP contribution in [-0.2, 0) is 9.59 Å². The van der Waals surface area contributed by atoms with Crippen LogP contribution in [0.1, 0.15) is 25.7 Å². The predicted molar refractivity (Wildman–Crippen MR) is 74.8 cm³/mol. The lowest BCUT2D eigenvalue weighted by Crippen LogP contribution is -2.36. The van der Waals surface area contributed by atoms with Crippen LogP contribution < -0.4 is 4.74 Å². The number of likely N-dealkylation sites (tertiary alicyclic amines) is 1. The molecule has 1 amide bonds. The third-order valence-electron chi connectivity index (χ3n) is 3.04. The van der Waals surface area contributed by atoms with E-state index in [1.807, 2.05) is 0 Å². The van der Waals surface area contributed by atoms with Crippen LogP contribution in [0.2, 0.25) is 0 Å². The van der Waals surface area contributed by atoms with Crippen molar-refractivity contribution in [2.45, 2.75) is 25.7 Å². The summed E-state index contributed by atoms with van der Waals surface area (Å²) in [6, 6.07) is 7.04. The second-order valence-electron chi connectivity index (χ2n) is 4.55. The Labute approximate surface area is 120 Å². The minimum absolute atomic E-state index is 0.0366. The van der Waals surface area contributed by atoms with Crippen molar-refractivity contribution in [3.63, 3.8) is 0 Å². The number of halogens is 1. The van der Waals surface area contributed by atoms with Crippen molar-refractivity contribution in [2.24, 2.45) is 0 Å². The maximum absolute atomic E-state index is 11.8. The standard InChI is InChI=1S/C14H16BrNO3/c15-11-5-7-12(8-6-11)19-14(18)10-16-9-3-1-2-4-13(16)17/h5-8H,1-4,9-10H2. The first kappa shape index (κ1) is 14.1. The molecule has 0 unspecified atom stereocenters. The van der Waals surface area contributed by atoms with Crippen LogP contribution in [0, 0.1) is 0 Å². The van der Waals surface area contributed by atoms with E-state index in [-0.39, 0.29) is 12.5 Å². The SMILES string of the molecule is O=C(CN1CCCCCC1=O)Oc1ccc(Br)cc1. The first-order chi connectivity index (χ1) is 9.15. The Hall–Kier alpha value is -1.36. The molecule has 1 aliphatic rings. The molecule has 0 atom stereocenters. The van der Waals surface area contributed by atoms with Crippen LogP contribution in [-0.4, -0.2) is 29.9 Å². The predicted octanol–water partition coefficient (Wildman–Crippen LogP) is 2.76. The second-order valence-corrected chi connectivity index (χ2v) is 5.47. The first-order valence-electron chi connectivity index (χ1n) is 6.39. The van der Waals surface area contributed by atoms with Crippen LogP contribution in [0.5, 0.6) is 5.75 Å². The van der Waals surface area contributed by atoms with Crippen molar-refractivity contribution in [1.82, 2.24) is 4.90 Å². The monoisotopic (exact) mass is 325 g/mol. The maximum Gasteiger partial charge on any atom is 0.331 e. The maximum atomic E-state index is 11.8. The number of nitrogens with zero attached hydrogens (tertiary/aromatic N) is 1. The number of hydrogen-bond acceptors (Lipinski definition) is 3. The van der Waals surface area contributed by atoms with Crippen LogP contribution in [0.15, 0.2) is 28.7 Å². The van der Waals surface area contributed by atoms with E-state index in [1.54, 1.807) is 29.2 Å². The van der Waals surface area contributed by atoms with Crippen molar-refractivity contribution in [3.8, 4) is 5.75 Å². The number of esters is 1. The first-order valence-corrected chi connectivity index (χ1v) is 7.18. The summed E-state index contributed by atoms with van der Waals surface area (Å²) in [6.45, 7) is 0.684. The van der Waals surface area contributed by atoms with Gasteiger partial charge in [0.25, 0.3) is 0 Å². The van der Waals surface area contributed by atoms with Gasteiger partial charge in [0.2, 0.25) is 5.91 Å². The minimum atomic E-state index is -0.391. The summed E-state index contributed by atoms with van der Waals surface area (Å²) < 4.78 is 6.13. The van der Waals surface area contributed by atoms with E-state index in [4.69, 9.17) is 4.74 Å². The average Bonchev–Trinajstić information content (AvgIpc) is 2.58. The Bertz CT molecular complexity index is 458.